The summed E-state index contributed by atoms with van der Waals surface area (Å²) in [5.74, 6) is -0.244. The highest BCUT2D eigenvalue weighted by atomic mass is 19.1. The van der Waals surface area contributed by atoms with Crippen molar-refractivity contribution in [2.24, 2.45) is 5.73 Å². The van der Waals surface area contributed by atoms with Crippen molar-refractivity contribution >= 4 is 6.03 Å². The smallest absolute Gasteiger partial charge is 0.317 e. The Hall–Kier alpha value is -1.66. The number of nitrogens with two attached hydrogens (primary N) is 1. The molecule has 0 bridgehead atoms. The van der Waals surface area contributed by atoms with E-state index in [1.165, 1.54) is 6.07 Å². The number of rotatable bonds is 3. The summed E-state index contributed by atoms with van der Waals surface area (Å²) in [5, 5.41) is 2.87. The quantitative estimate of drug-likeness (QED) is 0.846. The number of carbonyl (C=O) groups excluding carboxylic acids is 1. The zero-order valence-corrected chi connectivity index (χ0v) is 11.3. The zero-order chi connectivity index (χ0) is 14.1. The molecule has 0 radical (unpaired) electrons. The topological polar surface area (TPSA) is 61.6 Å². The van der Waals surface area contributed by atoms with E-state index in [0.29, 0.717) is 12.1 Å². The molecule has 2 aliphatic heterocycles. The zero-order valence-electron chi connectivity index (χ0n) is 11.3. The van der Waals surface area contributed by atoms with Gasteiger partial charge in [0.25, 0.3) is 0 Å². The van der Waals surface area contributed by atoms with Crippen molar-refractivity contribution in [1.82, 2.24) is 15.1 Å². The Morgan fingerprint density at radius 3 is 3.05 bits per heavy atom. The third-order valence-electron chi connectivity index (χ3n) is 4.05. The molecular formula is C14H19FN4O. The minimum absolute atomic E-state index is 0.0434. The summed E-state index contributed by atoms with van der Waals surface area (Å²) in [6, 6.07) is 5.42. The second-order valence-corrected chi connectivity index (χ2v) is 5.40. The van der Waals surface area contributed by atoms with Crippen LogP contribution in [0.2, 0.25) is 0 Å². The summed E-state index contributed by atoms with van der Waals surface area (Å²) < 4.78 is 13.4. The Kier molecular flexibility index (Phi) is 3.58. The molecule has 2 aliphatic rings. The summed E-state index contributed by atoms with van der Waals surface area (Å²) in [4.78, 5) is 15.7. The molecule has 5 nitrogen and oxygen atoms in total. The third kappa shape index (κ3) is 2.48. The van der Waals surface area contributed by atoms with Crippen molar-refractivity contribution in [3.05, 3.63) is 35.1 Å². The van der Waals surface area contributed by atoms with Crippen LogP contribution < -0.4 is 11.1 Å². The van der Waals surface area contributed by atoms with Crippen molar-refractivity contribution < 1.29 is 9.18 Å². The van der Waals surface area contributed by atoms with Gasteiger partial charge in [0.1, 0.15) is 5.82 Å². The number of halogens is 1. The van der Waals surface area contributed by atoms with Crippen molar-refractivity contribution in [2.45, 2.75) is 19.1 Å². The van der Waals surface area contributed by atoms with Crippen LogP contribution in [0.3, 0.4) is 0 Å². The first-order chi connectivity index (χ1) is 9.67. The molecule has 0 aromatic heterocycles. The second kappa shape index (κ2) is 5.38. The molecule has 1 atom stereocenters. The number of nitrogens with one attached hydrogen (secondary N) is 1. The molecule has 2 amide bonds. The molecule has 2 saturated heterocycles. The fourth-order valence-corrected chi connectivity index (χ4v) is 2.95. The monoisotopic (exact) mass is 278 g/mol. The summed E-state index contributed by atoms with van der Waals surface area (Å²) in [7, 11) is 0. The molecule has 6 heteroatoms. The minimum atomic E-state index is -0.244. The van der Waals surface area contributed by atoms with Gasteiger partial charge in [0.05, 0.1) is 6.04 Å². The number of hydrogen-bond acceptors (Lipinski definition) is 3. The molecule has 0 spiro atoms. The standard InChI is InChI=1S/C14H19FN4O/c15-13-2-1-10(5-11(13)6-16)8-18-3-4-19-12(9-18)7-17-14(19)20/h1-2,5,12H,3-4,6-9,16H2,(H,17,20). The highest BCUT2D eigenvalue weighted by molar-refractivity contribution is 5.77. The average molecular weight is 278 g/mol. The van der Waals surface area contributed by atoms with Gasteiger partial charge in [-0.15, -0.1) is 0 Å². The maximum Gasteiger partial charge on any atom is 0.317 e. The number of piperazine rings is 1. The molecule has 3 N–H and O–H groups in total. The van der Waals surface area contributed by atoms with Crippen molar-refractivity contribution in [1.29, 1.82) is 0 Å². The van der Waals surface area contributed by atoms with Crippen LogP contribution in [-0.4, -0.2) is 48.1 Å². The van der Waals surface area contributed by atoms with Crippen LogP contribution in [0.4, 0.5) is 9.18 Å². The summed E-state index contributed by atoms with van der Waals surface area (Å²) in [6.07, 6.45) is 0. The molecule has 2 fully saturated rings. The van der Waals surface area contributed by atoms with Gasteiger partial charge < -0.3 is 16.0 Å². The van der Waals surface area contributed by atoms with Gasteiger partial charge in [0.15, 0.2) is 0 Å². The number of fused-ring (bicyclic) bond motifs is 1. The Labute approximate surface area is 117 Å². The van der Waals surface area contributed by atoms with Gasteiger partial charge in [-0.1, -0.05) is 12.1 Å². The van der Waals surface area contributed by atoms with E-state index in [0.717, 1.165) is 31.7 Å². The lowest BCUT2D eigenvalue weighted by atomic mass is 10.1. The van der Waals surface area contributed by atoms with E-state index < -0.39 is 0 Å². The van der Waals surface area contributed by atoms with E-state index in [2.05, 4.69) is 10.2 Å². The lowest BCUT2D eigenvalue weighted by Gasteiger charge is -2.36. The van der Waals surface area contributed by atoms with Gasteiger partial charge in [-0.05, 0) is 11.6 Å². The average Bonchev–Trinajstić information content (AvgIpc) is 2.82. The number of benzene rings is 1. The summed E-state index contributed by atoms with van der Waals surface area (Å²) >= 11 is 0. The molecule has 1 aromatic carbocycles. The molecule has 1 aromatic rings. The van der Waals surface area contributed by atoms with Crippen LogP contribution >= 0.6 is 0 Å². The number of nitrogens with zero attached hydrogens (tertiary/aromatic N) is 2. The number of carbonyl (C=O) groups is 1. The molecule has 3 rings (SSSR count). The molecule has 0 saturated carbocycles. The summed E-state index contributed by atoms with van der Waals surface area (Å²) in [6.45, 7) is 4.15. The molecular weight excluding hydrogens is 259 g/mol. The lowest BCUT2D eigenvalue weighted by molar-refractivity contribution is 0.116. The van der Waals surface area contributed by atoms with Crippen LogP contribution in [0.1, 0.15) is 11.1 Å². The first-order valence-corrected chi connectivity index (χ1v) is 6.91. The highest BCUT2D eigenvalue weighted by Crippen LogP contribution is 2.17. The lowest BCUT2D eigenvalue weighted by Crippen LogP contribution is -2.51. The van der Waals surface area contributed by atoms with Crippen molar-refractivity contribution in [2.75, 3.05) is 26.2 Å². The van der Waals surface area contributed by atoms with Crippen molar-refractivity contribution in [3.63, 3.8) is 0 Å². The SMILES string of the molecule is NCc1cc(CN2CCN3C(=O)NCC3C2)ccc1F. The molecule has 0 aliphatic carbocycles. The minimum Gasteiger partial charge on any atom is -0.336 e. The van der Waals surface area contributed by atoms with E-state index in [4.69, 9.17) is 5.73 Å². The third-order valence-corrected chi connectivity index (χ3v) is 4.05. The maximum absolute atomic E-state index is 13.4. The van der Waals surface area contributed by atoms with E-state index >= 15 is 0 Å². The summed E-state index contributed by atoms with van der Waals surface area (Å²) in [5.41, 5.74) is 7.15. The van der Waals surface area contributed by atoms with Crippen LogP contribution in [0, 0.1) is 5.82 Å². The molecule has 108 valence electrons. The van der Waals surface area contributed by atoms with Gasteiger partial charge in [-0.2, -0.15) is 0 Å². The van der Waals surface area contributed by atoms with Gasteiger partial charge in [0.2, 0.25) is 0 Å². The first kappa shape index (κ1) is 13.3. The van der Waals surface area contributed by atoms with Gasteiger partial charge in [-0.3, -0.25) is 4.90 Å². The van der Waals surface area contributed by atoms with Gasteiger partial charge in [-0.25, -0.2) is 9.18 Å². The molecule has 1 unspecified atom stereocenters. The van der Waals surface area contributed by atoms with Crippen LogP contribution in [-0.2, 0) is 13.1 Å². The van der Waals surface area contributed by atoms with E-state index in [9.17, 15) is 9.18 Å². The predicted molar refractivity (Wildman–Crippen MR) is 73.5 cm³/mol. The highest BCUT2D eigenvalue weighted by Gasteiger charge is 2.35. The largest absolute Gasteiger partial charge is 0.336 e. The molecule has 20 heavy (non-hydrogen) atoms. The van der Waals surface area contributed by atoms with E-state index in [1.807, 2.05) is 11.0 Å². The maximum atomic E-state index is 13.4. The second-order valence-electron chi connectivity index (χ2n) is 5.40. The van der Waals surface area contributed by atoms with Crippen molar-refractivity contribution in [3.8, 4) is 0 Å². The molecule has 2 heterocycles. The van der Waals surface area contributed by atoms with Gasteiger partial charge in [0, 0.05) is 44.8 Å². The van der Waals surface area contributed by atoms with E-state index in [-0.39, 0.29) is 24.4 Å². The Bertz CT molecular complexity index is 522. The number of urea groups is 1. The predicted octanol–water partition coefficient (Wildman–Crippen LogP) is 0.494. The Balaban J connectivity index is 1.65. The number of amides is 2. The normalized spacial score (nSPS) is 22.8. The van der Waals surface area contributed by atoms with Crippen LogP contribution in [0.5, 0.6) is 0 Å². The Morgan fingerprint density at radius 1 is 1.40 bits per heavy atom. The Morgan fingerprint density at radius 2 is 2.25 bits per heavy atom. The fraction of sp³-hybridized carbons (Fsp3) is 0.500. The first-order valence-electron chi connectivity index (χ1n) is 6.91. The van der Waals surface area contributed by atoms with Gasteiger partial charge >= 0.3 is 6.03 Å². The number of hydrogen-bond donors (Lipinski definition) is 2. The fourth-order valence-electron chi connectivity index (χ4n) is 2.95. The van der Waals surface area contributed by atoms with Crippen LogP contribution in [0.15, 0.2) is 18.2 Å². The van der Waals surface area contributed by atoms with E-state index in [1.54, 1.807) is 6.07 Å². The van der Waals surface area contributed by atoms with Crippen LogP contribution in [0.25, 0.3) is 0 Å².